The van der Waals surface area contributed by atoms with Crippen LogP contribution in [0.4, 0.5) is 0 Å². The van der Waals surface area contributed by atoms with Crippen LogP contribution < -0.4 is 5.32 Å². The van der Waals surface area contributed by atoms with E-state index in [0.717, 1.165) is 18.4 Å². The highest BCUT2D eigenvalue weighted by atomic mass is 14.8. The van der Waals surface area contributed by atoms with Crippen molar-refractivity contribution < 1.29 is 0 Å². The fraction of sp³-hybridized carbons (Fsp3) is 0.733. The molecule has 0 bridgehead atoms. The molecule has 0 aliphatic rings. The lowest BCUT2D eigenvalue weighted by molar-refractivity contribution is 0.317. The fourth-order valence-electron chi connectivity index (χ4n) is 1.91. The average Bonchev–Trinajstić information content (AvgIpc) is 2.24. The van der Waals surface area contributed by atoms with Gasteiger partial charge in [0.25, 0.3) is 0 Å². The van der Waals surface area contributed by atoms with Crippen molar-refractivity contribution in [3.05, 3.63) is 23.8 Å². The summed E-state index contributed by atoms with van der Waals surface area (Å²) < 4.78 is 0. The molecule has 0 spiro atoms. The van der Waals surface area contributed by atoms with Gasteiger partial charge in [-0.1, -0.05) is 44.6 Å². The summed E-state index contributed by atoms with van der Waals surface area (Å²) in [5.41, 5.74) is 1.49. The second-order valence-corrected chi connectivity index (χ2v) is 5.13. The van der Waals surface area contributed by atoms with E-state index in [9.17, 15) is 0 Å². The molecule has 0 radical (unpaired) electrons. The van der Waals surface area contributed by atoms with Crippen molar-refractivity contribution >= 4 is 0 Å². The minimum Gasteiger partial charge on any atom is -0.319 e. The summed E-state index contributed by atoms with van der Waals surface area (Å²) in [4.78, 5) is 0. The zero-order valence-electron chi connectivity index (χ0n) is 11.9. The molecule has 0 aromatic rings. The molecule has 0 aliphatic heterocycles. The van der Waals surface area contributed by atoms with Crippen LogP contribution in [0.2, 0.25) is 0 Å². The molecule has 0 heterocycles. The largest absolute Gasteiger partial charge is 0.319 e. The van der Waals surface area contributed by atoms with Gasteiger partial charge in [0, 0.05) is 0 Å². The molecule has 1 N–H and O–H groups in total. The summed E-state index contributed by atoms with van der Waals surface area (Å²) in [6.45, 7) is 12.4. The lowest BCUT2D eigenvalue weighted by Gasteiger charge is -2.24. The van der Waals surface area contributed by atoms with Crippen molar-refractivity contribution in [3.63, 3.8) is 0 Å². The van der Waals surface area contributed by atoms with Crippen LogP contribution in [0.25, 0.3) is 0 Å². The Balaban J connectivity index is 4.33. The van der Waals surface area contributed by atoms with Crippen molar-refractivity contribution in [3.8, 4) is 0 Å². The molecule has 0 fully saturated rings. The number of hydrogen-bond donors (Lipinski definition) is 1. The van der Waals surface area contributed by atoms with E-state index in [-0.39, 0.29) is 0 Å². The van der Waals surface area contributed by atoms with Gasteiger partial charge >= 0.3 is 0 Å². The quantitative estimate of drug-likeness (QED) is 0.643. The molecule has 0 saturated heterocycles. The molecule has 0 aromatic heterocycles. The van der Waals surface area contributed by atoms with Gasteiger partial charge in [0.1, 0.15) is 0 Å². The molecule has 2 atom stereocenters. The van der Waals surface area contributed by atoms with Crippen LogP contribution in [0.15, 0.2) is 23.8 Å². The number of allylic oxidation sites excluding steroid dienone is 4. The smallest absolute Gasteiger partial charge is 0.00209 e. The lowest BCUT2D eigenvalue weighted by atomic mass is 9.84. The molecule has 1 nitrogen and oxygen atoms in total. The van der Waals surface area contributed by atoms with Crippen molar-refractivity contribution in [1.29, 1.82) is 0 Å². The maximum atomic E-state index is 3.30. The standard InChI is InChI=1S/C15H29N/c1-7-8-9-13(4)14(5)10-15(11-16-6)12(2)3/h7-9,12,14-16H,10-11H2,1-6H3. The van der Waals surface area contributed by atoms with E-state index < -0.39 is 0 Å². The van der Waals surface area contributed by atoms with E-state index in [1.54, 1.807) is 0 Å². The van der Waals surface area contributed by atoms with Crippen molar-refractivity contribution in [1.82, 2.24) is 5.32 Å². The summed E-state index contributed by atoms with van der Waals surface area (Å²) in [5.74, 6) is 2.20. The van der Waals surface area contributed by atoms with E-state index >= 15 is 0 Å². The number of hydrogen-bond acceptors (Lipinski definition) is 1. The van der Waals surface area contributed by atoms with Crippen molar-refractivity contribution in [2.24, 2.45) is 17.8 Å². The van der Waals surface area contributed by atoms with Crippen LogP contribution in [0.5, 0.6) is 0 Å². The lowest BCUT2D eigenvalue weighted by Crippen LogP contribution is -2.25. The third-order valence-electron chi connectivity index (χ3n) is 3.39. The molecule has 16 heavy (non-hydrogen) atoms. The van der Waals surface area contributed by atoms with Gasteiger partial charge in [-0.25, -0.2) is 0 Å². The first kappa shape index (κ1) is 15.4. The molecule has 0 rings (SSSR count). The zero-order chi connectivity index (χ0) is 12.6. The summed E-state index contributed by atoms with van der Waals surface area (Å²) in [6.07, 6.45) is 7.73. The first-order valence-corrected chi connectivity index (χ1v) is 6.47. The number of nitrogens with one attached hydrogen (secondary N) is 1. The predicted molar refractivity (Wildman–Crippen MR) is 74.6 cm³/mol. The van der Waals surface area contributed by atoms with Gasteiger partial charge < -0.3 is 5.32 Å². The molecule has 0 aromatic carbocycles. The Morgan fingerprint density at radius 2 is 1.88 bits per heavy atom. The SMILES string of the molecule is CC=CC=C(C)C(C)CC(CNC)C(C)C. The van der Waals surface area contributed by atoms with Gasteiger partial charge in [-0.3, -0.25) is 0 Å². The molecule has 0 amide bonds. The maximum absolute atomic E-state index is 3.30. The first-order valence-electron chi connectivity index (χ1n) is 6.47. The number of rotatable bonds is 7. The summed E-state index contributed by atoms with van der Waals surface area (Å²) in [5, 5.41) is 3.30. The Hall–Kier alpha value is -0.560. The van der Waals surface area contributed by atoms with Gasteiger partial charge in [-0.05, 0) is 51.6 Å². The maximum Gasteiger partial charge on any atom is -0.00209 e. The van der Waals surface area contributed by atoms with Crippen molar-refractivity contribution in [2.45, 2.75) is 41.0 Å². The van der Waals surface area contributed by atoms with E-state index in [1.165, 1.54) is 12.0 Å². The minimum atomic E-state index is 0.678. The molecule has 0 saturated carbocycles. The Bertz CT molecular complexity index is 226. The highest BCUT2D eigenvalue weighted by Gasteiger charge is 2.16. The first-order chi connectivity index (χ1) is 7.52. The topological polar surface area (TPSA) is 12.0 Å². The van der Waals surface area contributed by atoms with Gasteiger partial charge in [0.05, 0.1) is 0 Å². The van der Waals surface area contributed by atoms with Gasteiger partial charge in [-0.2, -0.15) is 0 Å². The molecule has 2 unspecified atom stereocenters. The second-order valence-electron chi connectivity index (χ2n) is 5.13. The summed E-state index contributed by atoms with van der Waals surface area (Å²) in [6, 6.07) is 0. The Morgan fingerprint density at radius 1 is 1.25 bits per heavy atom. The second kappa shape index (κ2) is 8.58. The monoisotopic (exact) mass is 223 g/mol. The highest BCUT2D eigenvalue weighted by molar-refractivity contribution is 5.12. The highest BCUT2D eigenvalue weighted by Crippen LogP contribution is 2.24. The normalized spacial score (nSPS) is 17.1. The van der Waals surface area contributed by atoms with Gasteiger partial charge in [-0.15, -0.1) is 0 Å². The van der Waals surface area contributed by atoms with E-state index in [4.69, 9.17) is 0 Å². The third-order valence-corrected chi connectivity index (χ3v) is 3.39. The Kier molecular flexibility index (Phi) is 8.28. The van der Waals surface area contributed by atoms with E-state index in [1.807, 2.05) is 7.05 Å². The van der Waals surface area contributed by atoms with Crippen LogP contribution in [-0.2, 0) is 0 Å². The summed E-state index contributed by atoms with van der Waals surface area (Å²) in [7, 11) is 2.04. The van der Waals surface area contributed by atoms with E-state index in [2.05, 4.69) is 58.2 Å². The third kappa shape index (κ3) is 6.12. The van der Waals surface area contributed by atoms with Crippen LogP contribution in [0, 0.1) is 17.8 Å². The van der Waals surface area contributed by atoms with Crippen LogP contribution in [0.3, 0.4) is 0 Å². The van der Waals surface area contributed by atoms with Gasteiger partial charge in [0.15, 0.2) is 0 Å². The summed E-state index contributed by atoms with van der Waals surface area (Å²) >= 11 is 0. The average molecular weight is 223 g/mol. The van der Waals surface area contributed by atoms with Crippen LogP contribution in [-0.4, -0.2) is 13.6 Å². The van der Waals surface area contributed by atoms with Gasteiger partial charge in [0.2, 0.25) is 0 Å². The van der Waals surface area contributed by atoms with Crippen LogP contribution in [0.1, 0.15) is 41.0 Å². The predicted octanol–water partition coefficient (Wildman–Crippen LogP) is 4.03. The van der Waals surface area contributed by atoms with E-state index in [0.29, 0.717) is 5.92 Å². The zero-order valence-corrected chi connectivity index (χ0v) is 11.9. The molecular formula is C15H29N. The Labute approximate surface area is 102 Å². The molecular weight excluding hydrogens is 194 g/mol. The Morgan fingerprint density at radius 3 is 2.31 bits per heavy atom. The van der Waals surface area contributed by atoms with Crippen molar-refractivity contribution in [2.75, 3.05) is 13.6 Å². The minimum absolute atomic E-state index is 0.678. The molecule has 1 heteroatoms. The van der Waals surface area contributed by atoms with Crippen LogP contribution >= 0.6 is 0 Å². The molecule has 94 valence electrons. The molecule has 0 aliphatic carbocycles. The fourth-order valence-corrected chi connectivity index (χ4v) is 1.91.